The first kappa shape index (κ1) is 24.7. The summed E-state index contributed by atoms with van der Waals surface area (Å²) in [4.78, 5) is 13.2. The fraction of sp³-hybridized carbons (Fsp3) is 0.0588. The van der Waals surface area contributed by atoms with Gasteiger partial charge in [0.2, 0.25) is 0 Å². The molecule has 0 spiro atoms. The summed E-state index contributed by atoms with van der Waals surface area (Å²) in [7, 11) is 4.08. The standard InChI is InChI=1S/C34H30N4/c1-37(2)31-21-15-27(16-22-31)13-19-29-25-30(36-26-35-29)20-14-28-17-23-34(24-18-28)38(32-9-5-3-6-10-32)33-11-7-4-8-12-33/h3-26H,1-2H3/b19-13+,20-14+. The molecule has 0 fully saturated rings. The lowest BCUT2D eigenvalue weighted by Crippen LogP contribution is -2.09. The van der Waals surface area contributed by atoms with Crippen molar-refractivity contribution in [2.75, 3.05) is 23.9 Å². The van der Waals surface area contributed by atoms with Crippen molar-refractivity contribution in [1.29, 1.82) is 0 Å². The second-order valence-corrected chi connectivity index (χ2v) is 9.12. The Morgan fingerprint density at radius 2 is 0.895 bits per heavy atom. The monoisotopic (exact) mass is 494 g/mol. The van der Waals surface area contributed by atoms with Gasteiger partial charge in [-0.05, 0) is 77.9 Å². The van der Waals surface area contributed by atoms with Gasteiger partial charge >= 0.3 is 0 Å². The summed E-state index contributed by atoms with van der Waals surface area (Å²) in [5, 5.41) is 0. The Morgan fingerprint density at radius 1 is 0.474 bits per heavy atom. The first-order valence-corrected chi connectivity index (χ1v) is 12.6. The zero-order valence-corrected chi connectivity index (χ0v) is 21.6. The van der Waals surface area contributed by atoms with Crippen molar-refractivity contribution < 1.29 is 0 Å². The highest BCUT2D eigenvalue weighted by atomic mass is 15.1. The normalized spacial score (nSPS) is 11.2. The molecule has 186 valence electrons. The summed E-state index contributed by atoms with van der Waals surface area (Å²) < 4.78 is 0. The van der Waals surface area contributed by atoms with Crippen LogP contribution < -0.4 is 9.80 Å². The van der Waals surface area contributed by atoms with Gasteiger partial charge in [0.05, 0.1) is 11.4 Å². The molecule has 0 unspecified atom stereocenters. The van der Waals surface area contributed by atoms with Gasteiger partial charge in [-0.2, -0.15) is 0 Å². The van der Waals surface area contributed by atoms with Crippen molar-refractivity contribution in [2.24, 2.45) is 0 Å². The minimum Gasteiger partial charge on any atom is -0.378 e. The summed E-state index contributed by atoms with van der Waals surface area (Å²) in [6, 6.07) is 39.8. The molecule has 0 amide bonds. The second-order valence-electron chi connectivity index (χ2n) is 9.12. The smallest absolute Gasteiger partial charge is 0.116 e. The maximum Gasteiger partial charge on any atom is 0.116 e. The fourth-order valence-corrected chi connectivity index (χ4v) is 4.15. The van der Waals surface area contributed by atoms with Gasteiger partial charge in [-0.1, -0.05) is 72.8 Å². The third-order valence-electron chi connectivity index (χ3n) is 6.19. The van der Waals surface area contributed by atoms with Gasteiger partial charge in [0.25, 0.3) is 0 Å². The van der Waals surface area contributed by atoms with Gasteiger partial charge in [-0.3, -0.25) is 0 Å². The maximum absolute atomic E-state index is 4.42. The summed E-state index contributed by atoms with van der Waals surface area (Å²) in [5.74, 6) is 0. The molecule has 0 saturated carbocycles. The van der Waals surface area contributed by atoms with Gasteiger partial charge < -0.3 is 9.80 Å². The zero-order chi connectivity index (χ0) is 26.2. The molecule has 5 aromatic rings. The molecule has 0 radical (unpaired) electrons. The van der Waals surface area contributed by atoms with Gasteiger partial charge in [-0.25, -0.2) is 9.97 Å². The van der Waals surface area contributed by atoms with Gasteiger partial charge in [0.1, 0.15) is 6.33 Å². The van der Waals surface area contributed by atoms with Crippen LogP contribution in [0.5, 0.6) is 0 Å². The van der Waals surface area contributed by atoms with E-state index in [1.165, 1.54) is 5.69 Å². The number of hydrogen-bond acceptors (Lipinski definition) is 4. The predicted molar refractivity (Wildman–Crippen MR) is 162 cm³/mol. The third-order valence-corrected chi connectivity index (χ3v) is 6.19. The van der Waals surface area contributed by atoms with Crippen molar-refractivity contribution in [3.8, 4) is 0 Å². The van der Waals surface area contributed by atoms with Gasteiger partial charge in [0, 0.05) is 36.8 Å². The largest absolute Gasteiger partial charge is 0.378 e. The Labute approximate surface area is 224 Å². The minimum atomic E-state index is 0.863. The van der Waals surface area contributed by atoms with E-state index >= 15 is 0 Å². The predicted octanol–water partition coefficient (Wildman–Crippen LogP) is 8.35. The van der Waals surface area contributed by atoms with E-state index in [1.54, 1.807) is 6.33 Å². The SMILES string of the molecule is CN(C)c1ccc(/C=C/c2cc(/C=C/c3ccc(N(c4ccccc4)c4ccccc4)cc3)ncn2)cc1. The average molecular weight is 495 g/mol. The van der Waals surface area contributed by atoms with Crippen LogP contribution >= 0.6 is 0 Å². The van der Waals surface area contributed by atoms with E-state index in [4.69, 9.17) is 0 Å². The van der Waals surface area contributed by atoms with Crippen LogP contribution in [-0.2, 0) is 0 Å². The van der Waals surface area contributed by atoms with Crippen LogP contribution in [0.25, 0.3) is 24.3 Å². The van der Waals surface area contributed by atoms with Crippen LogP contribution in [0.2, 0.25) is 0 Å². The molecule has 0 aliphatic heterocycles. The van der Waals surface area contributed by atoms with Crippen molar-refractivity contribution in [3.63, 3.8) is 0 Å². The number of nitrogens with zero attached hydrogens (tertiary/aromatic N) is 4. The number of rotatable bonds is 8. The zero-order valence-electron chi connectivity index (χ0n) is 21.6. The van der Waals surface area contributed by atoms with Crippen LogP contribution in [0.15, 0.2) is 122 Å². The van der Waals surface area contributed by atoms with E-state index in [1.807, 2.05) is 44.4 Å². The van der Waals surface area contributed by atoms with E-state index in [-0.39, 0.29) is 0 Å². The summed E-state index contributed by atoms with van der Waals surface area (Å²) in [6.07, 6.45) is 9.79. The van der Waals surface area contributed by atoms with E-state index in [0.717, 1.165) is 39.6 Å². The van der Waals surface area contributed by atoms with Crippen molar-refractivity contribution in [2.45, 2.75) is 0 Å². The van der Waals surface area contributed by atoms with Gasteiger partial charge in [-0.15, -0.1) is 0 Å². The molecule has 0 saturated heterocycles. The topological polar surface area (TPSA) is 32.3 Å². The van der Waals surface area contributed by atoms with Crippen molar-refractivity contribution in [1.82, 2.24) is 9.97 Å². The molecule has 5 rings (SSSR count). The van der Waals surface area contributed by atoms with E-state index in [2.05, 4.69) is 129 Å². The number of benzene rings is 4. The second kappa shape index (κ2) is 11.8. The first-order chi connectivity index (χ1) is 18.7. The Kier molecular flexibility index (Phi) is 7.71. The Balaban J connectivity index is 1.31. The van der Waals surface area contributed by atoms with E-state index < -0.39 is 0 Å². The lowest BCUT2D eigenvalue weighted by molar-refractivity contribution is 1.13. The molecule has 38 heavy (non-hydrogen) atoms. The summed E-state index contributed by atoms with van der Waals surface area (Å²) >= 11 is 0. The highest BCUT2D eigenvalue weighted by Gasteiger charge is 2.11. The Bertz CT molecular complexity index is 1470. The van der Waals surface area contributed by atoms with Crippen LogP contribution in [0.3, 0.4) is 0 Å². The molecule has 0 bridgehead atoms. The van der Waals surface area contributed by atoms with E-state index in [0.29, 0.717) is 0 Å². The van der Waals surface area contributed by atoms with Crippen molar-refractivity contribution in [3.05, 3.63) is 144 Å². The van der Waals surface area contributed by atoms with Crippen LogP contribution in [0.4, 0.5) is 22.7 Å². The molecule has 0 atom stereocenters. The van der Waals surface area contributed by atoms with Gasteiger partial charge in [0.15, 0.2) is 0 Å². The highest BCUT2D eigenvalue weighted by Crippen LogP contribution is 2.34. The lowest BCUT2D eigenvalue weighted by atomic mass is 10.1. The quantitative estimate of drug-likeness (QED) is 0.217. The maximum atomic E-state index is 4.42. The first-order valence-electron chi connectivity index (χ1n) is 12.6. The minimum absolute atomic E-state index is 0.863. The average Bonchev–Trinajstić information content (AvgIpc) is 2.97. The Hall–Kier alpha value is -4.96. The molecule has 1 aromatic heterocycles. The molecular weight excluding hydrogens is 464 g/mol. The molecule has 0 N–H and O–H groups in total. The number of hydrogen-bond donors (Lipinski definition) is 0. The molecule has 0 aliphatic carbocycles. The number of aromatic nitrogens is 2. The van der Waals surface area contributed by atoms with Crippen LogP contribution in [0.1, 0.15) is 22.5 Å². The number of anilines is 4. The van der Waals surface area contributed by atoms with Crippen LogP contribution in [0, 0.1) is 0 Å². The molecule has 4 nitrogen and oxygen atoms in total. The van der Waals surface area contributed by atoms with Crippen LogP contribution in [-0.4, -0.2) is 24.1 Å². The summed E-state index contributed by atoms with van der Waals surface area (Å²) in [6.45, 7) is 0. The van der Waals surface area contributed by atoms with E-state index in [9.17, 15) is 0 Å². The third kappa shape index (κ3) is 6.23. The Morgan fingerprint density at radius 3 is 1.34 bits per heavy atom. The molecule has 1 heterocycles. The lowest BCUT2D eigenvalue weighted by Gasteiger charge is -2.25. The highest BCUT2D eigenvalue weighted by molar-refractivity contribution is 5.78. The molecule has 4 aromatic carbocycles. The molecule has 4 heteroatoms. The summed E-state index contributed by atoms with van der Waals surface area (Å²) in [5.41, 5.74) is 8.49. The number of para-hydroxylation sites is 2. The molecular formula is C34H30N4. The van der Waals surface area contributed by atoms with Crippen molar-refractivity contribution >= 4 is 47.1 Å². The fourth-order valence-electron chi connectivity index (χ4n) is 4.15. The molecule has 0 aliphatic rings.